The SMILES string of the molecule is CC(C)=CC[C@@H](OC(=O)CCC[C@H]1[C@@H]2CCCN3CCC[C@H](CN1Cc1ccc(F)cc1)[C@H]23)C1=CC(=O)c2c(O)ccc(O)c2C1=O. The lowest BCUT2D eigenvalue weighted by Crippen LogP contribution is -2.64. The lowest BCUT2D eigenvalue weighted by molar-refractivity contribution is -0.147. The Bertz CT molecular complexity index is 1580. The zero-order chi connectivity index (χ0) is 33.2. The number of carbonyl (C=O) groups excluding carboxylic acids is 3. The molecule has 3 saturated heterocycles. The van der Waals surface area contributed by atoms with E-state index in [-0.39, 0.29) is 47.2 Å². The van der Waals surface area contributed by atoms with Crippen LogP contribution in [0.2, 0.25) is 0 Å². The summed E-state index contributed by atoms with van der Waals surface area (Å²) >= 11 is 0. The Balaban J connectivity index is 1.16. The highest BCUT2D eigenvalue weighted by molar-refractivity contribution is 6.27. The Hall–Kier alpha value is -3.82. The fourth-order valence-corrected chi connectivity index (χ4v) is 8.46. The van der Waals surface area contributed by atoms with Crippen molar-refractivity contribution >= 4 is 17.5 Å². The van der Waals surface area contributed by atoms with Crippen LogP contribution in [0.4, 0.5) is 4.39 Å². The molecular formula is C38H45FN2O6. The van der Waals surface area contributed by atoms with E-state index in [1.165, 1.54) is 43.5 Å². The first-order valence-electron chi connectivity index (χ1n) is 17.0. The Morgan fingerprint density at radius 3 is 2.45 bits per heavy atom. The largest absolute Gasteiger partial charge is 0.507 e. The van der Waals surface area contributed by atoms with Crippen molar-refractivity contribution in [3.63, 3.8) is 0 Å². The predicted molar refractivity (Wildman–Crippen MR) is 176 cm³/mol. The number of nitrogens with zero attached hydrogens (tertiary/aromatic N) is 2. The highest BCUT2D eigenvalue weighted by Gasteiger charge is 2.48. The molecule has 2 aromatic carbocycles. The summed E-state index contributed by atoms with van der Waals surface area (Å²) in [5, 5.41) is 20.6. The van der Waals surface area contributed by atoms with E-state index in [9.17, 15) is 29.0 Å². The normalized spacial score (nSPS) is 25.0. The summed E-state index contributed by atoms with van der Waals surface area (Å²) in [6.45, 7) is 7.83. The quantitative estimate of drug-likeness (QED) is 0.175. The molecule has 0 saturated carbocycles. The van der Waals surface area contributed by atoms with E-state index in [2.05, 4.69) is 9.80 Å². The maximum atomic E-state index is 13.7. The van der Waals surface area contributed by atoms with Crippen molar-refractivity contribution in [3.8, 4) is 11.5 Å². The molecule has 0 amide bonds. The van der Waals surface area contributed by atoms with Crippen LogP contribution in [0.15, 0.2) is 59.7 Å². The van der Waals surface area contributed by atoms with E-state index in [4.69, 9.17) is 4.74 Å². The number of ether oxygens (including phenoxy) is 1. The lowest BCUT2D eigenvalue weighted by Gasteiger charge is -2.57. The highest BCUT2D eigenvalue weighted by Crippen LogP contribution is 2.44. The standard InChI is InChI=1S/C38H45FN2O6/c1-23(2)10-17-33(28-20-32(44)35-30(42)15-16-31(43)36(35)38(28)46)47-34(45)9-3-8-29-27-7-5-19-40-18-4-6-25(37(27)40)22-41(29)21-24-11-13-26(39)14-12-24/h10-16,20,25,27,29,33,37,42-43H,3-9,17-19,21-22H2,1-2H3/t25-,27+,29+,33-,37-/m1/s1. The monoisotopic (exact) mass is 644 g/mol. The molecule has 0 radical (unpaired) electrons. The number of likely N-dealkylation sites (tertiary alicyclic amines) is 1. The van der Waals surface area contributed by atoms with Gasteiger partial charge in [-0.25, -0.2) is 4.39 Å². The van der Waals surface area contributed by atoms with Crippen molar-refractivity contribution in [1.29, 1.82) is 0 Å². The number of esters is 1. The number of phenolic OH excluding ortho intramolecular Hbond substituents is 2. The smallest absolute Gasteiger partial charge is 0.306 e. The minimum Gasteiger partial charge on any atom is -0.507 e. The van der Waals surface area contributed by atoms with Crippen LogP contribution >= 0.6 is 0 Å². The Kier molecular flexibility index (Phi) is 9.94. The van der Waals surface area contributed by atoms with Crippen molar-refractivity contribution in [2.24, 2.45) is 11.8 Å². The van der Waals surface area contributed by atoms with E-state index in [0.717, 1.165) is 56.2 Å². The predicted octanol–water partition coefficient (Wildman–Crippen LogP) is 6.36. The minimum absolute atomic E-state index is 0.0161. The summed E-state index contributed by atoms with van der Waals surface area (Å²) < 4.78 is 19.6. The molecule has 0 aromatic heterocycles. The first-order valence-corrected chi connectivity index (χ1v) is 17.0. The molecule has 1 aliphatic carbocycles. The second-order valence-corrected chi connectivity index (χ2v) is 13.9. The van der Waals surface area contributed by atoms with Gasteiger partial charge in [0.05, 0.1) is 11.1 Å². The third-order valence-corrected chi connectivity index (χ3v) is 10.5. The third-order valence-electron chi connectivity index (χ3n) is 10.5. The first-order chi connectivity index (χ1) is 22.6. The number of ketones is 2. The van der Waals surface area contributed by atoms with Crippen LogP contribution in [0.1, 0.15) is 91.5 Å². The molecule has 9 heteroatoms. The van der Waals surface area contributed by atoms with Gasteiger partial charge in [0.15, 0.2) is 11.6 Å². The summed E-state index contributed by atoms with van der Waals surface area (Å²) in [6, 6.07) is 9.95. The van der Waals surface area contributed by atoms with Gasteiger partial charge in [-0.1, -0.05) is 23.8 Å². The van der Waals surface area contributed by atoms with Crippen LogP contribution in [0.5, 0.6) is 11.5 Å². The number of hydrogen-bond donors (Lipinski definition) is 2. The molecule has 0 bridgehead atoms. The van der Waals surface area contributed by atoms with Gasteiger partial charge in [-0.3, -0.25) is 24.2 Å². The number of aromatic hydroxyl groups is 2. The number of hydrogen-bond acceptors (Lipinski definition) is 8. The Morgan fingerprint density at radius 2 is 1.72 bits per heavy atom. The second-order valence-electron chi connectivity index (χ2n) is 13.9. The number of Topliss-reactive ketones (excluding diaryl/α,β-unsaturated/α-hetero) is 1. The van der Waals surface area contributed by atoms with Crippen molar-refractivity contribution in [1.82, 2.24) is 9.80 Å². The molecule has 3 fully saturated rings. The highest BCUT2D eigenvalue weighted by atomic mass is 19.1. The van der Waals surface area contributed by atoms with Crippen LogP contribution < -0.4 is 0 Å². The fourth-order valence-electron chi connectivity index (χ4n) is 8.46. The topological polar surface area (TPSA) is 107 Å². The van der Waals surface area contributed by atoms with Crippen molar-refractivity contribution in [3.05, 3.63) is 82.2 Å². The van der Waals surface area contributed by atoms with Crippen LogP contribution in [0.3, 0.4) is 0 Å². The number of allylic oxidation sites excluding steroid dienone is 2. The molecule has 3 aliphatic heterocycles. The molecule has 3 heterocycles. The zero-order valence-electron chi connectivity index (χ0n) is 27.3. The molecule has 2 aromatic rings. The van der Waals surface area contributed by atoms with E-state index in [0.29, 0.717) is 24.3 Å². The van der Waals surface area contributed by atoms with Gasteiger partial charge in [0.2, 0.25) is 0 Å². The minimum atomic E-state index is -1.01. The molecule has 4 aliphatic rings. The summed E-state index contributed by atoms with van der Waals surface area (Å²) in [5.41, 5.74) is 1.51. The average Bonchev–Trinajstić information content (AvgIpc) is 3.04. The van der Waals surface area contributed by atoms with Gasteiger partial charge in [0, 0.05) is 43.6 Å². The van der Waals surface area contributed by atoms with Gasteiger partial charge >= 0.3 is 5.97 Å². The van der Waals surface area contributed by atoms with E-state index >= 15 is 0 Å². The first kappa shape index (κ1) is 33.1. The Labute approximate surface area is 275 Å². The van der Waals surface area contributed by atoms with Crippen LogP contribution in [0.25, 0.3) is 0 Å². The molecule has 250 valence electrons. The number of carbonyl (C=O) groups is 3. The summed E-state index contributed by atoms with van der Waals surface area (Å²) in [4.78, 5) is 45.1. The van der Waals surface area contributed by atoms with Crippen molar-refractivity contribution in [2.45, 2.75) is 89.9 Å². The van der Waals surface area contributed by atoms with Gasteiger partial charge in [-0.15, -0.1) is 0 Å². The molecule has 6 rings (SSSR count). The summed E-state index contributed by atoms with van der Waals surface area (Å²) in [7, 11) is 0. The lowest BCUT2D eigenvalue weighted by atomic mass is 9.69. The summed E-state index contributed by atoms with van der Waals surface area (Å²) in [5.74, 6) is -1.64. The van der Waals surface area contributed by atoms with E-state index < -0.39 is 29.4 Å². The fraction of sp³-hybridized carbons (Fsp3) is 0.500. The average molecular weight is 645 g/mol. The molecule has 2 N–H and O–H groups in total. The number of halogens is 1. The summed E-state index contributed by atoms with van der Waals surface area (Å²) in [6.07, 6.45) is 8.51. The Morgan fingerprint density at radius 1 is 1.02 bits per heavy atom. The molecular weight excluding hydrogens is 599 g/mol. The number of fused-ring (bicyclic) bond motifs is 1. The zero-order valence-corrected chi connectivity index (χ0v) is 27.3. The van der Waals surface area contributed by atoms with Gasteiger partial charge in [-0.05, 0) is 113 Å². The van der Waals surface area contributed by atoms with Crippen LogP contribution in [-0.2, 0) is 16.1 Å². The molecule has 47 heavy (non-hydrogen) atoms. The van der Waals surface area contributed by atoms with Crippen LogP contribution in [-0.4, -0.2) is 75.4 Å². The van der Waals surface area contributed by atoms with Crippen LogP contribution in [0, 0.1) is 17.7 Å². The molecule has 0 unspecified atom stereocenters. The number of rotatable bonds is 10. The number of benzene rings is 2. The van der Waals surface area contributed by atoms with E-state index in [1.807, 2.05) is 32.1 Å². The molecule has 5 atom stereocenters. The number of piperidine rings is 3. The molecule has 8 nitrogen and oxygen atoms in total. The van der Waals surface area contributed by atoms with Gasteiger partial charge in [0.1, 0.15) is 23.4 Å². The van der Waals surface area contributed by atoms with Gasteiger partial charge in [-0.2, -0.15) is 0 Å². The van der Waals surface area contributed by atoms with Crippen molar-refractivity contribution < 1.29 is 33.7 Å². The van der Waals surface area contributed by atoms with Gasteiger partial charge < -0.3 is 14.9 Å². The van der Waals surface area contributed by atoms with E-state index in [1.54, 1.807) is 0 Å². The number of phenols is 2. The third kappa shape index (κ3) is 7.06. The maximum Gasteiger partial charge on any atom is 0.306 e. The van der Waals surface area contributed by atoms with Crippen molar-refractivity contribution in [2.75, 3.05) is 19.6 Å². The molecule has 0 spiro atoms. The van der Waals surface area contributed by atoms with Gasteiger partial charge in [0.25, 0.3) is 0 Å². The maximum absolute atomic E-state index is 13.7. The second kappa shape index (κ2) is 14.1.